The number of carboxylic acids is 1. The fourth-order valence-electron chi connectivity index (χ4n) is 5.87. The molecular weight excluding hydrogens is 623 g/mol. The minimum absolute atomic E-state index is 0.00580. The van der Waals surface area contributed by atoms with Crippen molar-refractivity contribution in [3.05, 3.63) is 99.7 Å². The van der Waals surface area contributed by atoms with E-state index in [0.717, 1.165) is 22.1 Å². The van der Waals surface area contributed by atoms with Crippen molar-refractivity contribution < 1.29 is 37.8 Å². The fraction of sp³-hybridized carbons (Fsp3) is 0.364. The molecule has 1 saturated heterocycles. The van der Waals surface area contributed by atoms with Gasteiger partial charge in [-0.3, -0.25) is 19.8 Å². The number of likely N-dealkylation sites (tertiary alicyclic amines) is 1. The lowest BCUT2D eigenvalue weighted by Crippen LogP contribution is -2.52. The Morgan fingerprint density at radius 3 is 2.41 bits per heavy atom. The lowest BCUT2D eigenvalue weighted by Gasteiger charge is -2.39. The van der Waals surface area contributed by atoms with Gasteiger partial charge in [0.25, 0.3) is 5.69 Å². The van der Waals surface area contributed by atoms with Crippen molar-refractivity contribution in [2.75, 3.05) is 26.7 Å². The summed E-state index contributed by atoms with van der Waals surface area (Å²) in [5.41, 5.74) is -1.96. The highest BCUT2D eigenvalue weighted by atomic mass is 32.2. The molecule has 0 bridgehead atoms. The third-order valence-corrected chi connectivity index (χ3v) is 9.72. The monoisotopic (exact) mass is 657 g/mol. The molecule has 1 unspecified atom stereocenters. The van der Waals surface area contributed by atoms with Crippen LogP contribution in [0.15, 0.2) is 77.8 Å². The van der Waals surface area contributed by atoms with Crippen molar-refractivity contribution in [2.24, 2.45) is 0 Å². The summed E-state index contributed by atoms with van der Waals surface area (Å²) in [5, 5.41) is 32.2. The zero-order valence-electron chi connectivity index (χ0n) is 25.1. The molecule has 2 N–H and O–H groups in total. The number of aryl methyl sites for hydroxylation is 1. The average Bonchev–Trinajstić information content (AvgIpc) is 3.39. The van der Waals surface area contributed by atoms with Gasteiger partial charge >= 0.3 is 12.1 Å². The molecule has 46 heavy (non-hydrogen) atoms. The second-order valence-electron chi connectivity index (χ2n) is 11.4. The molecule has 1 atom stereocenters. The quantitative estimate of drug-likeness (QED) is 0.129. The Balaban J connectivity index is 1.36. The van der Waals surface area contributed by atoms with Gasteiger partial charge in [-0.25, -0.2) is 0 Å². The van der Waals surface area contributed by atoms with Crippen molar-refractivity contribution in [1.29, 1.82) is 0 Å². The van der Waals surface area contributed by atoms with Crippen LogP contribution < -0.4 is 4.74 Å². The summed E-state index contributed by atoms with van der Waals surface area (Å²) < 4.78 is 51.6. The number of aliphatic hydroxyl groups is 1. The lowest BCUT2D eigenvalue weighted by molar-refractivity contribution is -0.384. The lowest BCUT2D eigenvalue weighted by atomic mass is 9.91. The van der Waals surface area contributed by atoms with E-state index in [1.807, 2.05) is 36.4 Å². The molecule has 2 heterocycles. The SMILES string of the molecule is COc1cc(CCC(=O)O)ccc1SC1CCN(CC(O)(c2cn(Cc3ccccc3)c3cc([N+](=O)[O-])ccc23)C(F)(F)F)CC1. The highest BCUT2D eigenvalue weighted by Gasteiger charge is 2.57. The number of rotatable bonds is 12. The average molecular weight is 658 g/mol. The van der Waals surface area contributed by atoms with E-state index in [-0.39, 0.29) is 40.4 Å². The molecule has 13 heteroatoms. The number of aromatic nitrogens is 1. The maximum Gasteiger partial charge on any atom is 0.422 e. The topological polar surface area (TPSA) is 118 Å². The number of nitrogens with zero attached hydrogens (tertiary/aromatic N) is 3. The molecule has 1 aromatic heterocycles. The van der Waals surface area contributed by atoms with Gasteiger partial charge in [0.05, 0.1) is 17.5 Å². The number of fused-ring (bicyclic) bond motifs is 1. The number of carbonyl (C=O) groups is 1. The maximum atomic E-state index is 14.9. The summed E-state index contributed by atoms with van der Waals surface area (Å²) in [6, 6.07) is 18.3. The van der Waals surface area contributed by atoms with Gasteiger partial charge in [-0.05, 0) is 61.7 Å². The molecule has 0 radical (unpaired) electrons. The zero-order valence-corrected chi connectivity index (χ0v) is 25.9. The molecule has 1 aliphatic rings. The number of ether oxygens (including phenoxy) is 1. The number of carboxylic acid groups (broad SMARTS) is 1. The van der Waals surface area contributed by atoms with E-state index in [1.165, 1.54) is 30.0 Å². The number of nitro groups is 1. The van der Waals surface area contributed by atoms with E-state index >= 15 is 0 Å². The number of piperidine rings is 1. The van der Waals surface area contributed by atoms with Crippen LogP contribution >= 0.6 is 11.8 Å². The Hall–Kier alpha value is -4.07. The molecule has 9 nitrogen and oxygen atoms in total. The third-order valence-electron chi connectivity index (χ3n) is 8.32. The summed E-state index contributed by atoms with van der Waals surface area (Å²) in [4.78, 5) is 24.3. The maximum absolute atomic E-state index is 14.9. The first-order valence-corrected chi connectivity index (χ1v) is 15.6. The van der Waals surface area contributed by atoms with Crippen LogP contribution in [0.3, 0.4) is 0 Å². The van der Waals surface area contributed by atoms with E-state index < -0.39 is 29.2 Å². The summed E-state index contributed by atoms with van der Waals surface area (Å²) in [6.07, 6.45) is -2.23. The molecular formula is C33H34F3N3O6S. The molecule has 0 saturated carbocycles. The molecule has 0 aliphatic carbocycles. The Morgan fingerprint density at radius 1 is 1.07 bits per heavy atom. The van der Waals surface area contributed by atoms with Crippen molar-refractivity contribution in [1.82, 2.24) is 9.47 Å². The highest BCUT2D eigenvalue weighted by Crippen LogP contribution is 2.45. The molecule has 1 fully saturated rings. The Morgan fingerprint density at radius 2 is 1.78 bits per heavy atom. The summed E-state index contributed by atoms with van der Waals surface area (Å²) in [6.45, 7) is 0.127. The first kappa shape index (κ1) is 33.3. The number of β-amino-alcohol motifs (C(OH)–C–C–N with tert-alkyl or cyclic N) is 1. The number of benzene rings is 3. The van der Waals surface area contributed by atoms with Gasteiger partial charge in [-0.1, -0.05) is 36.4 Å². The molecule has 5 rings (SSSR count). The Kier molecular flexibility index (Phi) is 9.94. The largest absolute Gasteiger partial charge is 0.496 e. The van der Waals surface area contributed by atoms with Crippen LogP contribution in [0.5, 0.6) is 5.75 Å². The number of halogens is 3. The van der Waals surface area contributed by atoms with Crippen molar-refractivity contribution in [3.63, 3.8) is 0 Å². The van der Waals surface area contributed by atoms with Crippen molar-refractivity contribution in [3.8, 4) is 5.75 Å². The van der Waals surface area contributed by atoms with E-state index in [4.69, 9.17) is 9.84 Å². The fourth-order valence-corrected chi connectivity index (χ4v) is 7.08. The summed E-state index contributed by atoms with van der Waals surface area (Å²) >= 11 is 1.57. The first-order valence-electron chi connectivity index (χ1n) is 14.8. The number of alkyl halides is 3. The van der Waals surface area contributed by atoms with Crippen LogP contribution in [0, 0.1) is 10.1 Å². The highest BCUT2D eigenvalue weighted by molar-refractivity contribution is 8.00. The number of hydrogen-bond donors (Lipinski definition) is 2. The van der Waals surface area contributed by atoms with E-state index in [2.05, 4.69) is 0 Å². The predicted molar refractivity (Wildman–Crippen MR) is 168 cm³/mol. The number of methoxy groups -OCH3 is 1. The van der Waals surface area contributed by atoms with Gasteiger partial charge in [0.2, 0.25) is 5.60 Å². The van der Waals surface area contributed by atoms with Gasteiger partial charge < -0.3 is 19.5 Å². The number of aliphatic carboxylic acids is 1. The normalized spacial score (nSPS) is 15.9. The van der Waals surface area contributed by atoms with Crippen LogP contribution in [0.2, 0.25) is 0 Å². The van der Waals surface area contributed by atoms with Crippen molar-refractivity contribution >= 4 is 34.3 Å². The Labute approximate surface area is 267 Å². The van der Waals surface area contributed by atoms with E-state index in [1.54, 1.807) is 28.8 Å². The van der Waals surface area contributed by atoms with Gasteiger partial charge in [-0.15, -0.1) is 11.8 Å². The third kappa shape index (κ3) is 7.32. The number of thioether (sulfide) groups is 1. The van der Waals surface area contributed by atoms with Gasteiger partial charge in [0.1, 0.15) is 5.75 Å². The van der Waals surface area contributed by atoms with Gasteiger partial charge in [0, 0.05) is 58.9 Å². The molecule has 0 amide bonds. The van der Waals surface area contributed by atoms with Crippen LogP contribution in [0.25, 0.3) is 10.9 Å². The Bertz CT molecular complexity index is 1710. The first-order chi connectivity index (χ1) is 21.9. The smallest absolute Gasteiger partial charge is 0.422 e. The standard InChI is InChI=1S/C33H34F3N3O6S/c1-45-29-17-22(8-12-31(40)41)7-11-30(29)46-25-13-15-37(16-14-25)21-32(42,33(34,35)36)27-20-38(19-23-5-3-2-4-6-23)28-18-24(39(43)44)9-10-26(27)28/h2-7,9-11,17-18,20,25,42H,8,12-16,19,21H2,1H3,(H,40,41). The molecule has 0 spiro atoms. The van der Waals surface area contributed by atoms with Crippen LogP contribution in [-0.4, -0.2) is 68.7 Å². The second kappa shape index (κ2) is 13.7. The summed E-state index contributed by atoms with van der Waals surface area (Å²) in [7, 11) is 1.54. The van der Waals surface area contributed by atoms with Gasteiger partial charge in [0.15, 0.2) is 0 Å². The van der Waals surface area contributed by atoms with E-state index in [0.29, 0.717) is 38.1 Å². The number of non-ortho nitro benzene ring substituents is 1. The van der Waals surface area contributed by atoms with Crippen LogP contribution in [-0.2, 0) is 23.4 Å². The molecule has 4 aromatic rings. The summed E-state index contributed by atoms with van der Waals surface area (Å²) in [5.74, 6) is -0.266. The van der Waals surface area contributed by atoms with Gasteiger partial charge in [-0.2, -0.15) is 13.2 Å². The molecule has 1 aliphatic heterocycles. The second-order valence-corrected chi connectivity index (χ2v) is 12.8. The molecule has 244 valence electrons. The van der Waals surface area contributed by atoms with Crippen molar-refractivity contribution in [2.45, 2.75) is 54.2 Å². The van der Waals surface area contributed by atoms with Crippen LogP contribution in [0.1, 0.15) is 36.0 Å². The minimum Gasteiger partial charge on any atom is -0.496 e. The predicted octanol–water partition coefficient (Wildman–Crippen LogP) is 6.63. The molecule has 3 aromatic carbocycles. The number of hydrogen-bond acceptors (Lipinski definition) is 7. The number of nitro benzene ring substituents is 1. The minimum atomic E-state index is -5.03. The van der Waals surface area contributed by atoms with Crippen LogP contribution in [0.4, 0.5) is 18.9 Å². The zero-order chi connectivity index (χ0) is 33.1. The van der Waals surface area contributed by atoms with E-state index in [9.17, 15) is 33.2 Å².